The van der Waals surface area contributed by atoms with Crippen molar-refractivity contribution in [3.63, 3.8) is 0 Å². The van der Waals surface area contributed by atoms with Crippen molar-refractivity contribution in [3.8, 4) is 12.3 Å². The van der Waals surface area contributed by atoms with Crippen molar-refractivity contribution in [1.29, 1.82) is 0 Å². The van der Waals surface area contributed by atoms with E-state index < -0.39 is 0 Å². The molecule has 14 heavy (non-hydrogen) atoms. The Morgan fingerprint density at radius 3 is 3.21 bits per heavy atom. The third kappa shape index (κ3) is 1.93. The molecule has 1 nitrogen and oxygen atoms in total. The molecule has 1 N–H and O–H groups in total. The van der Waals surface area contributed by atoms with E-state index in [9.17, 15) is 0 Å². The second kappa shape index (κ2) is 4.06. The number of rotatable bonds is 1. The summed E-state index contributed by atoms with van der Waals surface area (Å²) < 4.78 is 1.15. The Kier molecular flexibility index (Phi) is 2.79. The first kappa shape index (κ1) is 9.61. The van der Waals surface area contributed by atoms with E-state index in [2.05, 4.69) is 45.4 Å². The molecule has 0 saturated heterocycles. The minimum Gasteiger partial charge on any atom is -0.381 e. The van der Waals surface area contributed by atoms with E-state index in [1.165, 1.54) is 11.3 Å². The minimum atomic E-state index is 0.452. The summed E-state index contributed by atoms with van der Waals surface area (Å²) in [5.41, 5.74) is 2.62. The van der Waals surface area contributed by atoms with E-state index in [0.29, 0.717) is 6.04 Å². The molecule has 0 aromatic heterocycles. The highest BCUT2D eigenvalue weighted by Crippen LogP contribution is 2.28. The second-order valence-electron chi connectivity index (χ2n) is 3.59. The summed E-state index contributed by atoms with van der Waals surface area (Å²) in [5, 5.41) is 3.46. The summed E-state index contributed by atoms with van der Waals surface area (Å²) in [6.45, 7) is 0. The predicted octanol–water partition coefficient (Wildman–Crippen LogP) is 3.20. The SMILES string of the molecule is C#CCC1CCc2cc(Br)ccc2N1. The lowest BCUT2D eigenvalue weighted by molar-refractivity contribution is 0.646. The molecule has 0 radical (unpaired) electrons. The van der Waals surface area contributed by atoms with Gasteiger partial charge in [0.25, 0.3) is 0 Å². The lowest BCUT2D eigenvalue weighted by Crippen LogP contribution is -2.24. The van der Waals surface area contributed by atoms with Gasteiger partial charge in [0.1, 0.15) is 0 Å². The van der Waals surface area contributed by atoms with Crippen molar-refractivity contribution in [2.24, 2.45) is 0 Å². The monoisotopic (exact) mass is 249 g/mol. The maximum absolute atomic E-state index is 5.31. The summed E-state index contributed by atoms with van der Waals surface area (Å²) in [7, 11) is 0. The first-order valence-electron chi connectivity index (χ1n) is 4.78. The lowest BCUT2D eigenvalue weighted by Gasteiger charge is -2.25. The zero-order chi connectivity index (χ0) is 9.97. The van der Waals surface area contributed by atoms with Gasteiger partial charge in [-0.2, -0.15) is 0 Å². The van der Waals surface area contributed by atoms with Crippen LogP contribution in [-0.2, 0) is 6.42 Å². The molecule has 1 unspecified atom stereocenters. The quantitative estimate of drug-likeness (QED) is 0.755. The first-order valence-corrected chi connectivity index (χ1v) is 5.57. The van der Waals surface area contributed by atoms with Gasteiger partial charge in [0.2, 0.25) is 0 Å². The Bertz CT molecular complexity index is 378. The molecular formula is C12H12BrN. The summed E-state index contributed by atoms with van der Waals surface area (Å²) in [6.07, 6.45) is 8.37. The minimum absolute atomic E-state index is 0.452. The number of halogens is 1. The highest BCUT2D eigenvalue weighted by Gasteiger charge is 2.16. The van der Waals surface area contributed by atoms with Crippen LogP contribution in [0.4, 0.5) is 5.69 Å². The van der Waals surface area contributed by atoms with Crippen LogP contribution in [-0.4, -0.2) is 6.04 Å². The normalized spacial score (nSPS) is 19.3. The first-order chi connectivity index (χ1) is 6.79. The van der Waals surface area contributed by atoms with Crippen molar-refractivity contribution in [2.45, 2.75) is 25.3 Å². The van der Waals surface area contributed by atoms with Gasteiger partial charge in [0, 0.05) is 22.6 Å². The van der Waals surface area contributed by atoms with Gasteiger partial charge < -0.3 is 5.32 Å². The Labute approximate surface area is 93.0 Å². The summed E-state index contributed by atoms with van der Waals surface area (Å²) in [6, 6.07) is 6.80. The molecule has 1 atom stereocenters. The molecule has 1 heterocycles. The summed E-state index contributed by atoms with van der Waals surface area (Å²) in [5.74, 6) is 2.71. The van der Waals surface area contributed by atoms with Gasteiger partial charge in [0.05, 0.1) is 0 Å². The zero-order valence-electron chi connectivity index (χ0n) is 7.89. The van der Waals surface area contributed by atoms with Crippen molar-refractivity contribution >= 4 is 21.6 Å². The van der Waals surface area contributed by atoms with Gasteiger partial charge in [-0.05, 0) is 36.6 Å². The van der Waals surface area contributed by atoms with E-state index in [-0.39, 0.29) is 0 Å². The standard InChI is InChI=1S/C12H12BrN/c1-2-3-11-6-4-9-8-10(13)5-7-12(9)14-11/h1,5,7-8,11,14H,3-4,6H2. The molecule has 0 amide bonds. The van der Waals surface area contributed by atoms with Crippen LogP contribution in [0.2, 0.25) is 0 Å². The second-order valence-corrected chi connectivity index (χ2v) is 4.51. The van der Waals surface area contributed by atoms with Crippen molar-refractivity contribution in [2.75, 3.05) is 5.32 Å². The molecule has 0 spiro atoms. The topological polar surface area (TPSA) is 12.0 Å². The molecule has 0 aliphatic carbocycles. The average molecular weight is 250 g/mol. The van der Waals surface area contributed by atoms with Crippen LogP contribution in [0.1, 0.15) is 18.4 Å². The predicted molar refractivity (Wildman–Crippen MR) is 63.3 cm³/mol. The molecule has 72 valence electrons. The summed E-state index contributed by atoms with van der Waals surface area (Å²) >= 11 is 3.48. The molecule has 1 aliphatic heterocycles. The van der Waals surface area contributed by atoms with Crippen LogP contribution < -0.4 is 5.32 Å². The van der Waals surface area contributed by atoms with Crippen molar-refractivity contribution in [3.05, 3.63) is 28.2 Å². The molecule has 0 fully saturated rings. The van der Waals surface area contributed by atoms with Crippen LogP contribution in [0.3, 0.4) is 0 Å². The fraction of sp³-hybridized carbons (Fsp3) is 0.333. The van der Waals surface area contributed by atoms with E-state index in [4.69, 9.17) is 6.42 Å². The third-order valence-corrected chi connectivity index (χ3v) is 3.05. The number of aryl methyl sites for hydroxylation is 1. The lowest BCUT2D eigenvalue weighted by atomic mass is 9.97. The zero-order valence-corrected chi connectivity index (χ0v) is 9.47. The van der Waals surface area contributed by atoms with Crippen LogP contribution in [0.25, 0.3) is 0 Å². The van der Waals surface area contributed by atoms with Gasteiger partial charge in [0.15, 0.2) is 0 Å². The number of fused-ring (bicyclic) bond motifs is 1. The Morgan fingerprint density at radius 2 is 2.43 bits per heavy atom. The van der Waals surface area contributed by atoms with E-state index >= 15 is 0 Å². The van der Waals surface area contributed by atoms with Crippen molar-refractivity contribution in [1.82, 2.24) is 0 Å². The number of hydrogen-bond acceptors (Lipinski definition) is 1. The van der Waals surface area contributed by atoms with Gasteiger partial charge in [-0.25, -0.2) is 0 Å². The third-order valence-electron chi connectivity index (χ3n) is 2.55. The molecule has 1 aromatic rings. The molecule has 0 bridgehead atoms. The number of terminal acetylenes is 1. The van der Waals surface area contributed by atoms with Crippen LogP contribution in [0.5, 0.6) is 0 Å². The van der Waals surface area contributed by atoms with E-state index in [1.807, 2.05) is 0 Å². The number of anilines is 1. The Balaban J connectivity index is 2.20. The smallest absolute Gasteiger partial charge is 0.0375 e. The van der Waals surface area contributed by atoms with E-state index in [1.54, 1.807) is 0 Å². The number of hydrogen-bond donors (Lipinski definition) is 1. The van der Waals surface area contributed by atoms with Gasteiger partial charge in [-0.15, -0.1) is 12.3 Å². The Morgan fingerprint density at radius 1 is 1.57 bits per heavy atom. The molecule has 0 saturated carbocycles. The largest absolute Gasteiger partial charge is 0.381 e. The maximum atomic E-state index is 5.31. The van der Waals surface area contributed by atoms with Crippen molar-refractivity contribution < 1.29 is 0 Å². The van der Waals surface area contributed by atoms with Crippen LogP contribution in [0.15, 0.2) is 22.7 Å². The number of benzene rings is 1. The fourth-order valence-corrected chi connectivity index (χ4v) is 2.24. The van der Waals surface area contributed by atoms with Gasteiger partial charge in [-0.3, -0.25) is 0 Å². The fourth-order valence-electron chi connectivity index (χ4n) is 1.83. The molecular weight excluding hydrogens is 238 g/mol. The molecule has 2 rings (SSSR count). The highest BCUT2D eigenvalue weighted by atomic mass is 79.9. The average Bonchev–Trinajstić information content (AvgIpc) is 2.19. The van der Waals surface area contributed by atoms with E-state index in [0.717, 1.165) is 23.7 Å². The van der Waals surface area contributed by atoms with Gasteiger partial charge >= 0.3 is 0 Å². The molecule has 1 aromatic carbocycles. The summed E-state index contributed by atoms with van der Waals surface area (Å²) in [4.78, 5) is 0. The van der Waals surface area contributed by atoms with Gasteiger partial charge in [-0.1, -0.05) is 15.9 Å². The van der Waals surface area contributed by atoms with Crippen LogP contribution >= 0.6 is 15.9 Å². The number of nitrogens with one attached hydrogen (secondary N) is 1. The molecule has 1 aliphatic rings. The Hall–Kier alpha value is -0.940. The molecule has 2 heteroatoms. The maximum Gasteiger partial charge on any atom is 0.0375 e. The highest BCUT2D eigenvalue weighted by molar-refractivity contribution is 9.10. The van der Waals surface area contributed by atoms with Crippen LogP contribution in [0, 0.1) is 12.3 Å².